The second-order valence-electron chi connectivity index (χ2n) is 34.3. The number of benzene rings is 4. The van der Waals surface area contributed by atoms with Crippen LogP contribution in [0.4, 0.5) is 4.79 Å². The van der Waals surface area contributed by atoms with Gasteiger partial charge in [-0.15, -0.1) is 0 Å². The third kappa shape index (κ3) is 44.1. The molecule has 44 N–H and O–H groups in total. The lowest BCUT2D eigenvalue weighted by molar-refractivity contribution is -0.143. The Morgan fingerprint density at radius 1 is 0.366 bits per heavy atom. The molecule has 1 fully saturated rings. The van der Waals surface area contributed by atoms with Crippen molar-refractivity contribution < 1.29 is 87.2 Å². The number of aromatic hydroxyl groups is 2. The maximum absolute atomic E-state index is 15.3. The molecular formula is C90H143N33O18S. The smallest absolute Gasteiger partial charge is 0.326 e. The molecule has 52 heteroatoms. The SMILES string of the molecule is C[C@H](NC(=O)[C@H](Cc1ccc2ccccc2c1)NC(=O)[C@H](CCCNC(=N)N)NC(=O)[C@@H](N)CCCNC(=N)N)C(=O)N[C@@H](CS)C(=O)N[C@@H](Cc1ccc(O)cc1)C(=O)N[C@@H](CCCNC(=N)N)C(=O)N[C@@H](CCCCN)C(=O)N[C@@H](CCCCN)C(=O)N1CCC[C@H]1C(=O)N[C@@H](Cc1ccc(O)cc1)C(=O)N[C@@H](CCCNC(=N)N)C(=O)N[C@@H](CCCNC(N)=O)C(=O)N[C@@H](CCCNC(=N)N)C(=O)O. The largest absolute Gasteiger partial charge is 0.508 e. The standard InChI is InChI=1S/C90H143N33O18S/c1-50(111-78(133)68(48-53-26-31-54-15-2-3-16-55(54)45-53)119-77(132)60(20-9-39-106-86(96)97)112-72(127)58(93)17-8-38-105-85(94)95)71(126)122-69(49-142)81(136)120-66(46-51-27-32-56(124)33-28-51)79(134)115-61(21-10-40-107-87(98)99)73(128)113-59(18-4-6-36-91)75(130)117-64(19-5-7-37-92)83(138)123-44-14-25-70(123)82(137)121-67(47-52-29-34-57(125)35-30-52)80(135)116-62(22-11-41-108-88(100)101)74(129)114-63(23-12-43-110-90(104)141)76(131)118-65(84(139)140)24-13-42-109-89(102)103/h2-3,15-16,26-35,45,50,58-70,124-125,142H,4-14,17-25,36-44,46-49,91-93H2,1H3,(H,111,133)(H,112,127)(H,113,128)(H,114,129)(H,115,134)(H,116,135)(H,117,130)(H,118,131)(H,119,132)(H,120,136)(H,121,137)(H,122,126)(H,139,140)(H4,94,95,105)(H4,96,97,106)(H4,98,99,107)(H4,100,101,108)(H4,102,103,109)(H3,104,110,141)/t50-,58-,59-,60-,61-,62-,63-,64-,65-,66-,67-,68-,69-,70-/m0/s1. The van der Waals surface area contributed by atoms with E-state index in [4.69, 9.17) is 78.6 Å². The molecule has 51 nitrogen and oxygen atoms in total. The number of urea groups is 1. The topological polar surface area (TPSA) is 890 Å². The van der Waals surface area contributed by atoms with Crippen LogP contribution >= 0.6 is 12.6 Å². The first-order chi connectivity index (χ1) is 67.6. The molecule has 1 saturated heterocycles. The number of guanidine groups is 5. The van der Waals surface area contributed by atoms with Crippen LogP contribution < -0.4 is 147 Å². The van der Waals surface area contributed by atoms with Gasteiger partial charge in [0.25, 0.3) is 0 Å². The molecule has 5 rings (SSSR count). The summed E-state index contributed by atoms with van der Waals surface area (Å²) in [4.78, 5) is 217. The van der Waals surface area contributed by atoms with Crippen molar-refractivity contribution in [3.05, 3.63) is 108 Å². The molecule has 1 aliphatic heterocycles. The lowest BCUT2D eigenvalue weighted by Crippen LogP contribution is -2.61. The fourth-order valence-electron chi connectivity index (χ4n) is 15.2. The Kier molecular flexibility index (Phi) is 52.2. The zero-order valence-electron chi connectivity index (χ0n) is 79.6. The molecule has 4 aromatic rings. The molecule has 0 saturated carbocycles. The highest BCUT2D eigenvalue weighted by molar-refractivity contribution is 7.80. The van der Waals surface area contributed by atoms with Crippen molar-refractivity contribution >= 4 is 142 Å². The van der Waals surface area contributed by atoms with Gasteiger partial charge in [0, 0.05) is 70.8 Å². The first kappa shape index (κ1) is 118. The number of phenols is 2. The average Bonchev–Trinajstić information content (AvgIpc) is 1.69. The Balaban J connectivity index is 1.43. The summed E-state index contributed by atoms with van der Waals surface area (Å²) in [6, 6.07) is 2.35. The van der Waals surface area contributed by atoms with Crippen molar-refractivity contribution in [3.63, 3.8) is 0 Å². The van der Waals surface area contributed by atoms with E-state index in [0.29, 0.717) is 36.0 Å². The number of carbonyl (C=O) groups excluding carboxylic acids is 14. The van der Waals surface area contributed by atoms with E-state index in [1.165, 1.54) is 60.4 Å². The molecule has 0 bridgehead atoms. The predicted molar refractivity (Wildman–Crippen MR) is 533 cm³/mol. The van der Waals surface area contributed by atoms with E-state index in [1.807, 2.05) is 30.3 Å². The second-order valence-corrected chi connectivity index (χ2v) is 34.6. The maximum Gasteiger partial charge on any atom is 0.326 e. The molecule has 0 unspecified atom stereocenters. The number of rotatable bonds is 65. The molecule has 0 spiro atoms. The Hall–Kier alpha value is -14.8. The van der Waals surface area contributed by atoms with Gasteiger partial charge in [-0.1, -0.05) is 66.7 Å². The Morgan fingerprint density at radius 2 is 0.683 bits per heavy atom. The second kappa shape index (κ2) is 63.0. The van der Waals surface area contributed by atoms with Crippen molar-refractivity contribution in [1.29, 1.82) is 27.0 Å². The van der Waals surface area contributed by atoms with Crippen LogP contribution in [0, 0.1) is 27.0 Å². The van der Waals surface area contributed by atoms with Crippen molar-refractivity contribution in [2.45, 2.75) is 239 Å². The quantitative estimate of drug-likeness (QED) is 0.00846. The van der Waals surface area contributed by atoms with Crippen molar-refractivity contribution in [2.75, 3.05) is 64.7 Å². The van der Waals surface area contributed by atoms with Crippen LogP contribution in [-0.2, 0) is 86.4 Å². The van der Waals surface area contributed by atoms with Gasteiger partial charge < -0.3 is 168 Å². The number of amides is 15. The number of fused-ring (bicyclic) bond motifs is 1. The van der Waals surface area contributed by atoms with Gasteiger partial charge in [-0.2, -0.15) is 12.6 Å². The fourth-order valence-corrected chi connectivity index (χ4v) is 15.5. The summed E-state index contributed by atoms with van der Waals surface area (Å²) >= 11 is 4.39. The van der Waals surface area contributed by atoms with Crippen LogP contribution in [0.3, 0.4) is 0 Å². The highest BCUT2D eigenvalue weighted by atomic mass is 32.1. The molecule has 0 radical (unpaired) electrons. The van der Waals surface area contributed by atoms with Gasteiger partial charge in [-0.05, 0) is 200 Å². The number of nitrogens with zero attached hydrogens (tertiary/aromatic N) is 1. The summed E-state index contributed by atoms with van der Waals surface area (Å²) in [5.74, 6) is -15.9. The molecular weight excluding hydrogens is 1860 g/mol. The van der Waals surface area contributed by atoms with Crippen LogP contribution in [0.5, 0.6) is 11.5 Å². The minimum Gasteiger partial charge on any atom is -0.508 e. The Morgan fingerprint density at radius 3 is 1.08 bits per heavy atom. The third-order valence-corrected chi connectivity index (χ3v) is 23.2. The number of hydrogen-bond donors (Lipinski definition) is 36. The van der Waals surface area contributed by atoms with Crippen molar-refractivity contribution in [2.24, 2.45) is 51.6 Å². The number of aliphatic carboxylic acids is 1. The zero-order chi connectivity index (χ0) is 105. The van der Waals surface area contributed by atoms with Crippen molar-refractivity contribution in [3.8, 4) is 11.5 Å². The summed E-state index contributed by atoms with van der Waals surface area (Å²) in [6.07, 6.45) is 0.291. The zero-order valence-corrected chi connectivity index (χ0v) is 80.5. The number of primary amides is 1. The minimum absolute atomic E-state index is 0.00446. The number of carboxylic acids is 1. The molecule has 1 aliphatic rings. The van der Waals surface area contributed by atoms with Gasteiger partial charge in [0.15, 0.2) is 29.8 Å². The molecule has 0 aliphatic carbocycles. The van der Waals surface area contributed by atoms with Gasteiger partial charge in [-0.25, -0.2) is 9.59 Å². The monoisotopic (exact) mass is 2010 g/mol. The van der Waals surface area contributed by atoms with E-state index in [2.05, 4.69) is 108 Å². The van der Waals surface area contributed by atoms with Crippen LogP contribution in [-0.4, -0.2) is 288 Å². The number of carbonyl (C=O) groups is 15. The highest BCUT2D eigenvalue weighted by Gasteiger charge is 2.42. The van der Waals surface area contributed by atoms with Crippen LogP contribution in [0.1, 0.15) is 152 Å². The summed E-state index contributed by atoms with van der Waals surface area (Å²) in [7, 11) is 0. The normalized spacial score (nSPS) is 14.8. The lowest BCUT2D eigenvalue weighted by atomic mass is 10.00. The molecule has 782 valence electrons. The summed E-state index contributed by atoms with van der Waals surface area (Å²) in [5, 5.41) is 118. The minimum atomic E-state index is -1.63. The van der Waals surface area contributed by atoms with Gasteiger partial charge in [0.1, 0.15) is 90.0 Å². The molecule has 14 atom stereocenters. The Bertz CT molecular complexity index is 4910. The third-order valence-electron chi connectivity index (χ3n) is 22.9. The van der Waals surface area contributed by atoms with E-state index in [9.17, 15) is 58.5 Å². The van der Waals surface area contributed by atoms with E-state index in [-0.39, 0.29) is 217 Å². The highest BCUT2D eigenvalue weighted by Crippen LogP contribution is 2.24. The first-order valence-electron chi connectivity index (χ1n) is 47.0. The van der Waals surface area contributed by atoms with E-state index >= 15 is 28.8 Å². The molecule has 0 aromatic heterocycles. The number of likely N-dealkylation sites (tertiary alicyclic amines) is 1. The molecule has 142 heavy (non-hydrogen) atoms. The number of nitrogens with one attached hydrogen (secondary N) is 23. The number of thiol groups is 1. The van der Waals surface area contributed by atoms with E-state index in [0.717, 1.165) is 10.8 Å². The Labute approximate surface area is 827 Å². The number of phenolic OH excluding ortho intramolecular Hbond substituents is 2. The summed E-state index contributed by atoms with van der Waals surface area (Å²) in [6.45, 7) is 1.80. The number of unbranched alkanes of at least 4 members (excludes halogenated alkanes) is 2. The molecule has 4 aromatic carbocycles. The van der Waals surface area contributed by atoms with Gasteiger partial charge in [0.2, 0.25) is 76.8 Å². The van der Waals surface area contributed by atoms with E-state index in [1.54, 1.807) is 12.1 Å². The summed E-state index contributed by atoms with van der Waals surface area (Å²) in [5.41, 5.74) is 52.2. The first-order valence-corrected chi connectivity index (χ1v) is 47.6. The van der Waals surface area contributed by atoms with Crippen molar-refractivity contribution in [1.82, 2.24) is 101 Å². The maximum atomic E-state index is 15.3. The predicted octanol–water partition coefficient (Wildman–Crippen LogP) is -6.53. The number of carboxylic acid groups (broad SMARTS) is 1. The van der Waals surface area contributed by atoms with Gasteiger partial charge in [-0.3, -0.25) is 89.4 Å². The van der Waals surface area contributed by atoms with E-state index < -0.39 is 191 Å². The average molecular weight is 2010 g/mol. The molecule has 15 amide bonds. The van der Waals surface area contributed by atoms with Crippen LogP contribution in [0.15, 0.2) is 91.0 Å². The number of nitrogens with two attached hydrogens (primary N) is 9. The van der Waals surface area contributed by atoms with Crippen LogP contribution in [0.2, 0.25) is 0 Å². The summed E-state index contributed by atoms with van der Waals surface area (Å²) < 4.78 is 0. The molecule has 1 heterocycles. The fraction of sp³-hybridized carbons (Fsp3) is 0.533. The number of hydrogen-bond acceptors (Lipinski definition) is 26. The van der Waals surface area contributed by atoms with Crippen LogP contribution in [0.25, 0.3) is 10.8 Å². The van der Waals surface area contributed by atoms with Gasteiger partial charge >= 0.3 is 12.0 Å². The lowest BCUT2D eigenvalue weighted by Gasteiger charge is -2.31. The van der Waals surface area contributed by atoms with Gasteiger partial charge in [0.05, 0.1) is 6.04 Å².